The maximum atomic E-state index is 9.21. The van der Waals surface area contributed by atoms with Crippen molar-refractivity contribution < 1.29 is 9.90 Å². The van der Waals surface area contributed by atoms with Gasteiger partial charge in [-0.15, -0.1) is 0 Å². The molecule has 0 amide bonds. The smallest absolute Gasteiger partial charge is 0.339 e. The van der Waals surface area contributed by atoms with Crippen LogP contribution in [0.1, 0.15) is 11.1 Å². The largest absolute Gasteiger partial charge is 0.477 e. The second-order valence-electron chi connectivity index (χ2n) is 2.54. The van der Waals surface area contributed by atoms with Gasteiger partial charge in [-0.05, 0) is 25.0 Å². The monoisotopic (exact) mass is 196 g/mol. The highest BCUT2D eigenvalue weighted by Gasteiger charge is 1.83. The van der Waals surface area contributed by atoms with E-state index in [1.165, 1.54) is 11.1 Å². The minimum Gasteiger partial charge on any atom is -0.477 e. The Morgan fingerprint density at radius 1 is 1.31 bits per heavy atom. The molecule has 0 unspecified atom stereocenters. The molecule has 0 aliphatic carbocycles. The summed E-state index contributed by atoms with van der Waals surface area (Å²) in [7, 11) is 0. The van der Waals surface area contributed by atoms with E-state index in [1.54, 1.807) is 0 Å². The molecule has 2 nitrogen and oxygen atoms in total. The van der Waals surface area contributed by atoms with Gasteiger partial charge in [-0.2, -0.15) is 0 Å². The van der Waals surface area contributed by atoms with E-state index in [0.717, 1.165) is 0 Å². The van der Waals surface area contributed by atoms with Gasteiger partial charge in [-0.1, -0.05) is 36.5 Å². The van der Waals surface area contributed by atoms with Crippen LogP contribution in [0.15, 0.2) is 24.3 Å². The lowest BCUT2D eigenvalue weighted by Gasteiger charge is -1.93. The molecule has 0 radical (unpaired) electrons. The van der Waals surface area contributed by atoms with Crippen LogP contribution in [0, 0.1) is 13.8 Å². The first-order valence-corrected chi connectivity index (χ1v) is 4.25. The van der Waals surface area contributed by atoms with Crippen LogP contribution in [0.5, 0.6) is 0 Å². The average Bonchev–Trinajstić information content (AvgIpc) is 2.11. The topological polar surface area (TPSA) is 37.3 Å². The number of carboxylic acids is 1. The van der Waals surface area contributed by atoms with E-state index >= 15 is 0 Å². The second-order valence-corrected chi connectivity index (χ2v) is 2.78. The van der Waals surface area contributed by atoms with Gasteiger partial charge in [0.05, 0.1) is 5.37 Å². The van der Waals surface area contributed by atoms with Gasteiger partial charge in [-0.25, -0.2) is 4.79 Å². The number of carboxylic acid groups (broad SMARTS) is 1. The average molecular weight is 196 g/mol. The third-order valence-corrected chi connectivity index (χ3v) is 1.73. The molecule has 0 saturated carbocycles. The van der Waals surface area contributed by atoms with Crippen molar-refractivity contribution in [2.24, 2.45) is 0 Å². The van der Waals surface area contributed by atoms with Gasteiger partial charge in [0, 0.05) is 0 Å². The third kappa shape index (κ3) is 5.99. The zero-order chi connectivity index (χ0) is 10.3. The Labute approximate surface area is 83.2 Å². The molecule has 0 aromatic heterocycles. The van der Waals surface area contributed by atoms with Gasteiger partial charge in [0.2, 0.25) is 0 Å². The highest BCUT2D eigenvalue weighted by Crippen LogP contribution is 2.02. The molecule has 0 atom stereocenters. The molecule has 0 heterocycles. The fraction of sp³-hybridized carbons (Fsp3) is 0.200. The predicted molar refractivity (Wildman–Crippen MR) is 57.2 cm³/mol. The summed E-state index contributed by atoms with van der Waals surface area (Å²) in [4.78, 5) is 9.21. The van der Waals surface area contributed by atoms with Crippen LogP contribution in [-0.2, 0) is 4.79 Å². The SMILES string of the molecule is Cc1ccccc1C.O=C(O)C=S. The molecular weight excluding hydrogens is 184 g/mol. The number of thiocarbonyl (C=S) groups is 1. The first-order chi connectivity index (χ1) is 6.07. The molecule has 70 valence electrons. The van der Waals surface area contributed by atoms with E-state index < -0.39 is 5.97 Å². The number of hydrogen-bond donors (Lipinski definition) is 1. The first-order valence-electron chi connectivity index (χ1n) is 3.78. The Bertz CT molecular complexity index is 274. The van der Waals surface area contributed by atoms with E-state index in [1.807, 2.05) is 0 Å². The van der Waals surface area contributed by atoms with E-state index in [0.29, 0.717) is 5.37 Å². The van der Waals surface area contributed by atoms with E-state index in [2.05, 4.69) is 50.3 Å². The number of rotatable bonds is 1. The minimum atomic E-state index is -1.06. The highest BCUT2D eigenvalue weighted by atomic mass is 32.1. The number of aliphatic carboxylic acids is 1. The summed E-state index contributed by atoms with van der Waals surface area (Å²) in [5, 5.41) is 8.23. The minimum absolute atomic E-state index is 0.667. The molecule has 3 heteroatoms. The maximum absolute atomic E-state index is 9.21. The van der Waals surface area contributed by atoms with Crippen molar-refractivity contribution >= 4 is 23.6 Å². The summed E-state index contributed by atoms with van der Waals surface area (Å²) in [5.74, 6) is -1.06. The Morgan fingerprint density at radius 3 is 1.77 bits per heavy atom. The quantitative estimate of drug-likeness (QED) is 0.701. The number of hydrogen-bond acceptors (Lipinski definition) is 2. The van der Waals surface area contributed by atoms with Gasteiger partial charge in [0.15, 0.2) is 0 Å². The molecule has 0 spiro atoms. The first kappa shape index (κ1) is 11.8. The van der Waals surface area contributed by atoms with E-state index in [9.17, 15) is 4.79 Å². The summed E-state index contributed by atoms with van der Waals surface area (Å²) in [5.41, 5.74) is 2.74. The summed E-state index contributed by atoms with van der Waals surface area (Å²) < 4.78 is 0. The molecule has 0 bridgehead atoms. The van der Waals surface area contributed by atoms with Crippen molar-refractivity contribution in [2.75, 3.05) is 0 Å². The molecule has 1 N–H and O–H groups in total. The lowest BCUT2D eigenvalue weighted by Crippen LogP contribution is -1.89. The molecule has 1 aromatic rings. The summed E-state index contributed by atoms with van der Waals surface area (Å²) in [6.45, 7) is 4.24. The number of benzene rings is 1. The summed E-state index contributed by atoms with van der Waals surface area (Å²) >= 11 is 3.95. The Morgan fingerprint density at radius 2 is 1.62 bits per heavy atom. The van der Waals surface area contributed by atoms with Crippen molar-refractivity contribution in [3.05, 3.63) is 35.4 Å². The highest BCUT2D eigenvalue weighted by molar-refractivity contribution is 7.80. The van der Waals surface area contributed by atoms with Crippen LogP contribution in [0.3, 0.4) is 0 Å². The summed E-state index contributed by atoms with van der Waals surface area (Å²) in [6, 6.07) is 8.36. The van der Waals surface area contributed by atoms with Crippen LogP contribution in [0.2, 0.25) is 0 Å². The molecule has 0 aliphatic heterocycles. The predicted octanol–water partition coefficient (Wildman–Crippen LogP) is 2.37. The van der Waals surface area contributed by atoms with Crippen LogP contribution in [0.4, 0.5) is 0 Å². The van der Waals surface area contributed by atoms with Gasteiger partial charge in [0.25, 0.3) is 0 Å². The lowest BCUT2D eigenvalue weighted by molar-refractivity contribution is -0.128. The zero-order valence-corrected chi connectivity index (χ0v) is 8.47. The van der Waals surface area contributed by atoms with Crippen LogP contribution in [0.25, 0.3) is 0 Å². The van der Waals surface area contributed by atoms with Gasteiger partial charge in [0.1, 0.15) is 0 Å². The molecular formula is C10H12O2S. The zero-order valence-electron chi connectivity index (χ0n) is 7.65. The van der Waals surface area contributed by atoms with Crippen LogP contribution < -0.4 is 0 Å². The van der Waals surface area contributed by atoms with Gasteiger partial charge < -0.3 is 5.11 Å². The van der Waals surface area contributed by atoms with Crippen molar-refractivity contribution in [1.82, 2.24) is 0 Å². The fourth-order valence-electron chi connectivity index (χ4n) is 0.663. The normalized spacial score (nSPS) is 8.15. The van der Waals surface area contributed by atoms with Crippen molar-refractivity contribution in [2.45, 2.75) is 13.8 Å². The molecule has 1 aromatic carbocycles. The second kappa shape index (κ2) is 6.31. The molecule has 13 heavy (non-hydrogen) atoms. The molecule has 0 fully saturated rings. The maximum Gasteiger partial charge on any atom is 0.339 e. The molecule has 1 rings (SSSR count). The fourth-order valence-corrected chi connectivity index (χ4v) is 0.663. The van der Waals surface area contributed by atoms with E-state index in [-0.39, 0.29) is 0 Å². The third-order valence-electron chi connectivity index (χ3n) is 1.53. The van der Waals surface area contributed by atoms with Crippen LogP contribution >= 0.6 is 12.2 Å². The van der Waals surface area contributed by atoms with Gasteiger partial charge >= 0.3 is 5.97 Å². The van der Waals surface area contributed by atoms with Crippen molar-refractivity contribution in [3.63, 3.8) is 0 Å². The van der Waals surface area contributed by atoms with Crippen molar-refractivity contribution in [1.29, 1.82) is 0 Å². The van der Waals surface area contributed by atoms with E-state index in [4.69, 9.17) is 5.11 Å². The lowest BCUT2D eigenvalue weighted by atomic mass is 10.1. The standard InChI is InChI=1S/C8H10.C2H2O2S/c1-7-5-3-4-6-8(7)2;3-2(4)1-5/h3-6H,1-2H3;1H,(H,3,4). The van der Waals surface area contributed by atoms with Crippen LogP contribution in [-0.4, -0.2) is 16.4 Å². The summed E-state index contributed by atoms with van der Waals surface area (Å²) in [6.07, 6.45) is 0. The van der Waals surface area contributed by atoms with Gasteiger partial charge in [-0.3, -0.25) is 0 Å². The number of aryl methyl sites for hydroxylation is 2. The number of carbonyl (C=O) groups is 1. The Balaban J connectivity index is 0.000000252. The molecule has 0 aliphatic rings. The Kier molecular flexibility index (Phi) is 5.72. The Hall–Kier alpha value is -1.22. The molecule has 0 saturated heterocycles. The van der Waals surface area contributed by atoms with Crippen molar-refractivity contribution in [3.8, 4) is 0 Å².